The summed E-state index contributed by atoms with van der Waals surface area (Å²) in [5.74, 6) is -0.204. The molecule has 0 heterocycles. The number of carbonyl (C=O) groups excluding carboxylic acids is 1. The lowest BCUT2D eigenvalue weighted by atomic mass is 10.1. The number of anilines is 2. The maximum absolute atomic E-state index is 13.5. The first-order valence-electron chi connectivity index (χ1n) is 10.6. The summed E-state index contributed by atoms with van der Waals surface area (Å²) in [5.41, 5.74) is 1.96. The Bertz CT molecular complexity index is 1180. The second-order valence-corrected chi connectivity index (χ2v) is 9.79. The maximum Gasteiger partial charge on any atom is 0.264 e. The first-order valence-corrected chi connectivity index (χ1v) is 12.5. The van der Waals surface area contributed by atoms with Crippen molar-refractivity contribution in [3.05, 3.63) is 83.4 Å². The molecule has 0 aliphatic heterocycles. The number of sulfonamides is 1. The molecule has 174 valence electrons. The number of methoxy groups -OCH3 is 1. The zero-order chi connectivity index (χ0) is 23.8. The smallest absolute Gasteiger partial charge is 0.264 e. The van der Waals surface area contributed by atoms with Crippen LogP contribution < -0.4 is 14.4 Å². The second-order valence-electron chi connectivity index (χ2n) is 7.49. The molecule has 3 aromatic rings. The molecule has 0 aromatic heterocycles. The summed E-state index contributed by atoms with van der Waals surface area (Å²) in [6.07, 6.45) is 3.18. The summed E-state index contributed by atoms with van der Waals surface area (Å²) < 4.78 is 33.4. The van der Waals surface area contributed by atoms with Gasteiger partial charge in [-0.3, -0.25) is 9.10 Å². The van der Waals surface area contributed by atoms with Crippen molar-refractivity contribution in [2.45, 2.75) is 31.1 Å². The number of nitrogens with zero attached hydrogens (tertiary/aromatic N) is 1. The largest absolute Gasteiger partial charge is 0.495 e. The molecular weight excluding hydrogens is 460 g/mol. The van der Waals surface area contributed by atoms with E-state index in [-0.39, 0.29) is 16.3 Å². The Kier molecular flexibility index (Phi) is 8.36. The van der Waals surface area contributed by atoms with Crippen molar-refractivity contribution in [1.29, 1.82) is 0 Å². The average Bonchev–Trinajstić information content (AvgIpc) is 2.82. The lowest BCUT2D eigenvalue weighted by Gasteiger charge is -2.26. The van der Waals surface area contributed by atoms with E-state index < -0.39 is 22.5 Å². The van der Waals surface area contributed by atoms with Crippen LogP contribution in [0.2, 0.25) is 5.02 Å². The Balaban J connectivity index is 1.90. The molecule has 0 unspecified atom stereocenters. The van der Waals surface area contributed by atoms with Gasteiger partial charge in [-0.1, -0.05) is 55.3 Å². The van der Waals surface area contributed by atoms with E-state index in [1.165, 1.54) is 30.9 Å². The summed E-state index contributed by atoms with van der Waals surface area (Å²) in [4.78, 5) is 13.0. The van der Waals surface area contributed by atoms with Crippen molar-refractivity contribution in [2.24, 2.45) is 0 Å². The van der Waals surface area contributed by atoms with Crippen LogP contribution in [0.25, 0.3) is 0 Å². The monoisotopic (exact) mass is 486 g/mol. The fourth-order valence-electron chi connectivity index (χ4n) is 3.34. The standard InChI is InChI=1S/C25H27ClN2O4S/c1-3-4-8-19-11-14-21(15-12-19)27-25(29)18-28(23-17-20(26)13-16-24(23)32-2)33(30,31)22-9-6-5-7-10-22/h5-7,9-17H,3-4,8,18H2,1-2H3,(H,27,29). The van der Waals surface area contributed by atoms with E-state index in [0.29, 0.717) is 10.7 Å². The second kappa shape index (κ2) is 11.2. The zero-order valence-corrected chi connectivity index (χ0v) is 20.2. The number of aryl methyl sites for hydroxylation is 1. The molecule has 6 nitrogen and oxygen atoms in total. The highest BCUT2D eigenvalue weighted by molar-refractivity contribution is 7.92. The van der Waals surface area contributed by atoms with E-state index in [4.69, 9.17) is 16.3 Å². The molecule has 0 fully saturated rings. The minimum atomic E-state index is -4.07. The fraction of sp³-hybridized carbons (Fsp3) is 0.240. The lowest BCUT2D eigenvalue weighted by molar-refractivity contribution is -0.114. The highest BCUT2D eigenvalue weighted by atomic mass is 35.5. The number of halogens is 1. The molecule has 0 spiro atoms. The molecule has 0 aliphatic carbocycles. The number of hydrogen-bond donors (Lipinski definition) is 1. The minimum absolute atomic E-state index is 0.0557. The quantitative estimate of drug-likeness (QED) is 0.409. The van der Waals surface area contributed by atoms with E-state index >= 15 is 0 Å². The molecule has 3 aromatic carbocycles. The van der Waals surface area contributed by atoms with Gasteiger partial charge < -0.3 is 10.1 Å². The molecular formula is C25H27ClN2O4S. The highest BCUT2D eigenvalue weighted by Gasteiger charge is 2.29. The molecule has 3 rings (SSSR count). The number of benzene rings is 3. The van der Waals surface area contributed by atoms with Gasteiger partial charge in [-0.15, -0.1) is 0 Å². The summed E-state index contributed by atoms with van der Waals surface area (Å²) in [5, 5.41) is 3.10. The number of nitrogens with one attached hydrogen (secondary N) is 1. The van der Waals surface area contributed by atoms with Gasteiger partial charge in [-0.05, 0) is 60.9 Å². The van der Waals surface area contributed by atoms with Crippen molar-refractivity contribution in [2.75, 3.05) is 23.3 Å². The van der Waals surface area contributed by atoms with Gasteiger partial charge in [0.1, 0.15) is 12.3 Å². The third-order valence-corrected chi connectivity index (χ3v) is 7.09. The predicted octanol–water partition coefficient (Wildman–Crippen LogP) is 5.53. The topological polar surface area (TPSA) is 75.7 Å². The van der Waals surface area contributed by atoms with Crippen LogP contribution in [-0.2, 0) is 21.2 Å². The van der Waals surface area contributed by atoms with E-state index in [9.17, 15) is 13.2 Å². The third kappa shape index (κ3) is 6.27. The highest BCUT2D eigenvalue weighted by Crippen LogP contribution is 2.34. The average molecular weight is 487 g/mol. The minimum Gasteiger partial charge on any atom is -0.495 e. The van der Waals surface area contributed by atoms with E-state index in [0.717, 1.165) is 23.6 Å². The molecule has 0 aliphatic rings. The number of rotatable bonds is 10. The number of unbranched alkanes of at least 4 members (excludes halogenated alkanes) is 1. The maximum atomic E-state index is 13.5. The van der Waals surface area contributed by atoms with Crippen molar-refractivity contribution in [3.8, 4) is 5.75 Å². The van der Waals surface area contributed by atoms with Crippen LogP contribution in [0.1, 0.15) is 25.3 Å². The van der Waals surface area contributed by atoms with Crippen LogP contribution in [0.4, 0.5) is 11.4 Å². The molecule has 0 atom stereocenters. The summed E-state index contributed by atoms with van der Waals surface area (Å²) in [6.45, 7) is 1.68. The van der Waals surface area contributed by atoms with Crippen LogP contribution in [0.15, 0.2) is 77.7 Å². The normalized spacial score (nSPS) is 11.1. The molecule has 1 N–H and O–H groups in total. The van der Waals surface area contributed by atoms with Gasteiger partial charge in [-0.2, -0.15) is 0 Å². The summed E-state index contributed by atoms with van der Waals surface area (Å²) in [6, 6.07) is 20.1. The summed E-state index contributed by atoms with van der Waals surface area (Å²) >= 11 is 6.15. The van der Waals surface area contributed by atoms with Crippen LogP contribution in [0, 0.1) is 0 Å². The Labute approximate surface area is 200 Å². The Morgan fingerprint density at radius 1 is 1.03 bits per heavy atom. The molecule has 33 heavy (non-hydrogen) atoms. The van der Waals surface area contributed by atoms with Crippen LogP contribution in [-0.4, -0.2) is 28.0 Å². The van der Waals surface area contributed by atoms with Gasteiger partial charge in [0, 0.05) is 10.7 Å². The van der Waals surface area contributed by atoms with E-state index in [1.54, 1.807) is 30.3 Å². The van der Waals surface area contributed by atoms with Gasteiger partial charge in [0.15, 0.2) is 0 Å². The number of amides is 1. The Morgan fingerprint density at radius 2 is 1.73 bits per heavy atom. The lowest BCUT2D eigenvalue weighted by Crippen LogP contribution is -2.38. The van der Waals surface area contributed by atoms with Crippen LogP contribution in [0.3, 0.4) is 0 Å². The number of ether oxygens (including phenoxy) is 1. The number of carbonyl (C=O) groups is 1. The van der Waals surface area contributed by atoms with E-state index in [2.05, 4.69) is 12.2 Å². The van der Waals surface area contributed by atoms with E-state index in [1.807, 2.05) is 24.3 Å². The van der Waals surface area contributed by atoms with Crippen molar-refractivity contribution >= 4 is 38.9 Å². The number of hydrogen-bond acceptors (Lipinski definition) is 4. The van der Waals surface area contributed by atoms with Gasteiger partial charge in [0.05, 0.1) is 17.7 Å². The molecule has 0 bridgehead atoms. The molecule has 0 radical (unpaired) electrons. The van der Waals surface area contributed by atoms with Crippen LogP contribution in [0.5, 0.6) is 5.75 Å². The van der Waals surface area contributed by atoms with Gasteiger partial charge in [0.2, 0.25) is 5.91 Å². The molecule has 1 amide bonds. The third-order valence-electron chi connectivity index (χ3n) is 5.08. The Hall–Kier alpha value is -3.03. The molecule has 0 saturated heterocycles. The first kappa shape index (κ1) is 24.6. The van der Waals surface area contributed by atoms with Gasteiger partial charge in [0.25, 0.3) is 10.0 Å². The molecule has 0 saturated carbocycles. The van der Waals surface area contributed by atoms with Crippen molar-refractivity contribution in [1.82, 2.24) is 0 Å². The fourth-order valence-corrected chi connectivity index (χ4v) is 4.95. The van der Waals surface area contributed by atoms with Crippen LogP contribution >= 0.6 is 11.6 Å². The molecule has 8 heteroatoms. The SMILES string of the molecule is CCCCc1ccc(NC(=O)CN(c2cc(Cl)ccc2OC)S(=O)(=O)c2ccccc2)cc1. The first-order chi connectivity index (χ1) is 15.8. The van der Waals surface area contributed by atoms with Gasteiger partial charge >= 0.3 is 0 Å². The predicted molar refractivity (Wildman–Crippen MR) is 133 cm³/mol. The van der Waals surface area contributed by atoms with Crippen molar-refractivity contribution < 1.29 is 17.9 Å². The van der Waals surface area contributed by atoms with Crippen molar-refractivity contribution in [3.63, 3.8) is 0 Å². The summed E-state index contributed by atoms with van der Waals surface area (Å²) in [7, 11) is -2.64. The Morgan fingerprint density at radius 3 is 2.36 bits per heavy atom. The van der Waals surface area contributed by atoms with Gasteiger partial charge in [-0.25, -0.2) is 8.42 Å². The zero-order valence-electron chi connectivity index (χ0n) is 18.6.